The predicted molar refractivity (Wildman–Crippen MR) is 121 cm³/mol. The Morgan fingerprint density at radius 2 is 1.74 bits per heavy atom. The first-order valence-corrected chi connectivity index (χ1v) is 12.2. The molecule has 0 bridgehead atoms. The van der Waals surface area contributed by atoms with Crippen molar-refractivity contribution in [2.24, 2.45) is 11.8 Å². The van der Waals surface area contributed by atoms with E-state index in [0.29, 0.717) is 5.92 Å². The van der Waals surface area contributed by atoms with Crippen molar-refractivity contribution < 1.29 is 13.9 Å². The summed E-state index contributed by atoms with van der Waals surface area (Å²) >= 11 is 0. The van der Waals surface area contributed by atoms with E-state index in [0.717, 1.165) is 57.8 Å². The van der Waals surface area contributed by atoms with Gasteiger partial charge in [0.1, 0.15) is 12.2 Å². The Labute approximate surface area is 186 Å². The van der Waals surface area contributed by atoms with Gasteiger partial charge in [-0.3, -0.25) is 4.79 Å². The SMILES string of the molecule is CCCCCc1ccc([C@H]2CC[C@H](C(=O)O[C@H]3CC[C@H](C=C(F)C#N)CC3)CC2)cc1. The lowest BCUT2D eigenvalue weighted by atomic mass is 9.78. The van der Waals surface area contributed by atoms with Gasteiger partial charge in [-0.25, -0.2) is 0 Å². The number of carbonyl (C=O) groups excluding carboxylic acids is 1. The Kier molecular flexibility index (Phi) is 9.13. The predicted octanol–water partition coefficient (Wildman–Crippen LogP) is 7.17. The molecule has 1 aromatic rings. The Bertz CT molecular complexity index is 763. The van der Waals surface area contributed by atoms with E-state index in [1.807, 2.05) is 0 Å². The van der Waals surface area contributed by atoms with Crippen LogP contribution in [0, 0.1) is 23.2 Å². The lowest BCUT2D eigenvalue weighted by Gasteiger charge is -2.31. The van der Waals surface area contributed by atoms with Crippen molar-refractivity contribution in [2.75, 3.05) is 0 Å². The number of halogens is 1. The third-order valence-corrected chi connectivity index (χ3v) is 7.07. The van der Waals surface area contributed by atoms with Crippen molar-refractivity contribution in [1.29, 1.82) is 5.26 Å². The second kappa shape index (κ2) is 12.0. The van der Waals surface area contributed by atoms with Crippen molar-refractivity contribution >= 4 is 5.97 Å². The number of unbranched alkanes of at least 4 members (excludes halogenated alkanes) is 2. The summed E-state index contributed by atoms with van der Waals surface area (Å²) in [5.74, 6) is -0.109. The summed E-state index contributed by atoms with van der Waals surface area (Å²) in [6.07, 6.45) is 13.3. The van der Waals surface area contributed by atoms with Crippen LogP contribution in [0.5, 0.6) is 0 Å². The zero-order valence-corrected chi connectivity index (χ0v) is 18.8. The maximum absolute atomic E-state index is 13.1. The molecule has 168 valence electrons. The van der Waals surface area contributed by atoms with E-state index < -0.39 is 5.83 Å². The third kappa shape index (κ3) is 7.20. The van der Waals surface area contributed by atoms with E-state index in [4.69, 9.17) is 10.00 Å². The molecule has 1 aromatic carbocycles. The van der Waals surface area contributed by atoms with Crippen molar-refractivity contribution in [3.8, 4) is 6.07 Å². The normalized spacial score (nSPS) is 26.8. The largest absolute Gasteiger partial charge is 0.462 e. The molecule has 2 fully saturated rings. The molecule has 2 aliphatic rings. The van der Waals surface area contributed by atoms with Crippen LogP contribution in [-0.2, 0) is 16.0 Å². The molecule has 0 spiro atoms. The van der Waals surface area contributed by atoms with Gasteiger partial charge < -0.3 is 4.74 Å². The maximum atomic E-state index is 13.1. The van der Waals surface area contributed by atoms with Gasteiger partial charge in [-0.1, -0.05) is 44.0 Å². The quantitative estimate of drug-likeness (QED) is 0.252. The van der Waals surface area contributed by atoms with E-state index in [1.54, 1.807) is 0 Å². The number of hydrogen-bond acceptors (Lipinski definition) is 3. The first kappa shape index (κ1) is 23.5. The Hall–Kier alpha value is -2.15. The number of hydrogen-bond donors (Lipinski definition) is 0. The van der Waals surface area contributed by atoms with Crippen LogP contribution in [0.1, 0.15) is 94.6 Å². The van der Waals surface area contributed by atoms with E-state index in [9.17, 15) is 9.18 Å². The van der Waals surface area contributed by atoms with Gasteiger partial charge in [0.15, 0.2) is 5.83 Å². The average molecular weight is 426 g/mol. The van der Waals surface area contributed by atoms with Crippen LogP contribution in [0.3, 0.4) is 0 Å². The molecule has 0 radical (unpaired) electrons. The molecule has 0 atom stereocenters. The number of carbonyl (C=O) groups is 1. The number of nitrogens with zero attached hydrogens (tertiary/aromatic N) is 1. The van der Waals surface area contributed by atoms with Crippen molar-refractivity contribution in [3.05, 3.63) is 47.3 Å². The van der Waals surface area contributed by atoms with Gasteiger partial charge in [-0.15, -0.1) is 0 Å². The van der Waals surface area contributed by atoms with Crippen LogP contribution < -0.4 is 0 Å². The fourth-order valence-electron chi connectivity index (χ4n) is 5.08. The highest BCUT2D eigenvalue weighted by Crippen LogP contribution is 2.37. The average Bonchev–Trinajstić information content (AvgIpc) is 2.81. The Morgan fingerprint density at radius 3 is 2.35 bits per heavy atom. The molecule has 0 amide bonds. The molecule has 3 nitrogen and oxygen atoms in total. The minimum Gasteiger partial charge on any atom is -0.462 e. The zero-order chi connectivity index (χ0) is 22.1. The summed E-state index contributed by atoms with van der Waals surface area (Å²) in [6.45, 7) is 2.23. The first-order chi connectivity index (χ1) is 15.1. The van der Waals surface area contributed by atoms with Crippen LogP contribution >= 0.6 is 0 Å². The number of rotatable bonds is 8. The highest BCUT2D eigenvalue weighted by molar-refractivity contribution is 5.72. The van der Waals surface area contributed by atoms with Gasteiger partial charge in [0, 0.05) is 0 Å². The maximum Gasteiger partial charge on any atom is 0.309 e. The molecule has 2 saturated carbocycles. The van der Waals surface area contributed by atoms with Gasteiger partial charge >= 0.3 is 5.97 Å². The van der Waals surface area contributed by atoms with E-state index >= 15 is 0 Å². The van der Waals surface area contributed by atoms with Gasteiger partial charge in [-0.2, -0.15) is 9.65 Å². The number of ether oxygens (including phenoxy) is 1. The second-order valence-electron chi connectivity index (χ2n) is 9.35. The van der Waals surface area contributed by atoms with E-state index in [2.05, 4.69) is 31.2 Å². The molecule has 0 aromatic heterocycles. The molecule has 3 rings (SSSR count). The molecule has 4 heteroatoms. The molecule has 2 aliphatic carbocycles. The molecular formula is C27H36FNO2. The minimum absolute atomic E-state index is 0.0122. The number of aryl methyl sites for hydroxylation is 1. The van der Waals surface area contributed by atoms with E-state index in [1.165, 1.54) is 42.5 Å². The van der Waals surface area contributed by atoms with E-state index in [-0.39, 0.29) is 23.9 Å². The summed E-state index contributed by atoms with van der Waals surface area (Å²) in [7, 11) is 0. The fourth-order valence-corrected chi connectivity index (χ4v) is 5.08. The molecular weight excluding hydrogens is 389 g/mol. The van der Waals surface area contributed by atoms with Crippen LogP contribution in [0.4, 0.5) is 4.39 Å². The van der Waals surface area contributed by atoms with Crippen molar-refractivity contribution in [1.82, 2.24) is 0 Å². The van der Waals surface area contributed by atoms with Gasteiger partial charge in [0.05, 0.1) is 5.92 Å². The molecule has 0 N–H and O–H groups in total. The summed E-state index contributed by atoms with van der Waals surface area (Å²) in [5, 5.41) is 8.56. The van der Waals surface area contributed by atoms with Crippen LogP contribution in [0.25, 0.3) is 0 Å². The summed E-state index contributed by atoms with van der Waals surface area (Å²) in [5.41, 5.74) is 2.83. The Morgan fingerprint density at radius 1 is 1.06 bits per heavy atom. The lowest BCUT2D eigenvalue weighted by Crippen LogP contribution is -2.29. The summed E-state index contributed by atoms with van der Waals surface area (Å²) in [6, 6.07) is 10.7. The lowest BCUT2D eigenvalue weighted by molar-refractivity contribution is -0.157. The van der Waals surface area contributed by atoms with Crippen LogP contribution in [0.2, 0.25) is 0 Å². The standard InChI is InChI=1S/C27H36FNO2/c1-2-3-4-5-20-6-10-22(11-7-20)23-12-14-24(15-13-23)27(30)31-26-16-8-21(9-17-26)18-25(28)19-29/h6-7,10-11,18,21,23-24,26H,2-5,8-9,12-17H2,1H3/t21-,23-,24-,26-. The molecule has 0 heterocycles. The smallest absolute Gasteiger partial charge is 0.309 e. The summed E-state index contributed by atoms with van der Waals surface area (Å²) < 4.78 is 18.9. The molecule has 0 unspecified atom stereocenters. The number of nitriles is 1. The highest BCUT2D eigenvalue weighted by Gasteiger charge is 2.31. The zero-order valence-electron chi connectivity index (χ0n) is 18.8. The first-order valence-electron chi connectivity index (χ1n) is 12.2. The number of allylic oxidation sites excluding steroid dienone is 2. The molecule has 0 saturated heterocycles. The molecule has 0 aliphatic heterocycles. The monoisotopic (exact) mass is 425 g/mol. The minimum atomic E-state index is -0.705. The summed E-state index contributed by atoms with van der Waals surface area (Å²) in [4.78, 5) is 12.6. The Balaban J connectivity index is 1.39. The number of benzene rings is 1. The van der Waals surface area contributed by atoms with Crippen molar-refractivity contribution in [2.45, 2.75) is 96.0 Å². The van der Waals surface area contributed by atoms with Crippen molar-refractivity contribution in [3.63, 3.8) is 0 Å². The third-order valence-electron chi connectivity index (χ3n) is 7.07. The molecule has 31 heavy (non-hydrogen) atoms. The van der Waals surface area contributed by atoms with Gasteiger partial charge in [-0.05, 0) is 93.2 Å². The second-order valence-corrected chi connectivity index (χ2v) is 9.35. The van der Waals surface area contributed by atoms with Crippen LogP contribution in [-0.4, -0.2) is 12.1 Å². The highest BCUT2D eigenvalue weighted by atomic mass is 19.1. The number of esters is 1. The fraction of sp³-hybridized carbons (Fsp3) is 0.630. The van der Waals surface area contributed by atoms with Crippen LogP contribution in [0.15, 0.2) is 36.2 Å². The van der Waals surface area contributed by atoms with Gasteiger partial charge in [0.25, 0.3) is 0 Å². The topological polar surface area (TPSA) is 50.1 Å². The van der Waals surface area contributed by atoms with Gasteiger partial charge in [0.2, 0.25) is 0 Å².